The van der Waals surface area contributed by atoms with Crippen molar-refractivity contribution < 1.29 is 22.6 Å². The third-order valence-corrected chi connectivity index (χ3v) is 3.87. The van der Waals surface area contributed by atoms with Crippen LogP contribution in [0.25, 0.3) is 0 Å². The Morgan fingerprint density at radius 2 is 1.48 bits per heavy atom. The summed E-state index contributed by atoms with van der Waals surface area (Å²) in [4.78, 5) is 7.81. The summed E-state index contributed by atoms with van der Waals surface area (Å²) in [5, 5.41) is 5.59. The highest BCUT2D eigenvalue weighted by molar-refractivity contribution is 5.63. The van der Waals surface area contributed by atoms with Gasteiger partial charge in [-0.1, -0.05) is 0 Å². The van der Waals surface area contributed by atoms with Crippen LogP contribution in [0.5, 0.6) is 11.5 Å². The summed E-state index contributed by atoms with van der Waals surface area (Å²) in [5.74, 6) is 0.949. The molecule has 0 saturated carbocycles. The number of benzene rings is 2. The monoisotopic (exact) mass is 404 g/mol. The molecule has 0 atom stereocenters. The van der Waals surface area contributed by atoms with Gasteiger partial charge < -0.3 is 20.1 Å². The average molecular weight is 404 g/mol. The molecule has 0 radical (unpaired) electrons. The van der Waals surface area contributed by atoms with E-state index < -0.39 is 11.7 Å². The first-order valence-electron chi connectivity index (χ1n) is 8.74. The number of ether oxygens (including phenoxy) is 2. The first-order chi connectivity index (χ1) is 13.9. The predicted molar refractivity (Wildman–Crippen MR) is 104 cm³/mol. The fourth-order valence-corrected chi connectivity index (χ4v) is 2.49. The molecular formula is C20H19F3N4O2. The lowest BCUT2D eigenvalue weighted by Gasteiger charge is -2.15. The van der Waals surface area contributed by atoms with Crippen molar-refractivity contribution in [1.29, 1.82) is 0 Å². The maximum Gasteiger partial charge on any atom is 0.421 e. The van der Waals surface area contributed by atoms with Gasteiger partial charge in [-0.25, -0.2) is 4.98 Å². The summed E-state index contributed by atoms with van der Waals surface area (Å²) >= 11 is 0. The van der Waals surface area contributed by atoms with E-state index in [-0.39, 0.29) is 11.8 Å². The first-order valence-corrected chi connectivity index (χ1v) is 8.74. The number of hydrogen-bond acceptors (Lipinski definition) is 6. The van der Waals surface area contributed by atoms with Gasteiger partial charge in [-0.3, -0.25) is 0 Å². The van der Waals surface area contributed by atoms with Crippen molar-refractivity contribution in [3.8, 4) is 11.5 Å². The highest BCUT2D eigenvalue weighted by Gasteiger charge is 2.35. The molecule has 1 aromatic heterocycles. The lowest BCUT2D eigenvalue weighted by molar-refractivity contribution is -0.137. The van der Waals surface area contributed by atoms with Gasteiger partial charge in [0.25, 0.3) is 0 Å². The van der Waals surface area contributed by atoms with Crippen LogP contribution in [0.3, 0.4) is 0 Å². The molecule has 152 valence electrons. The Morgan fingerprint density at radius 3 is 2.03 bits per heavy atom. The molecule has 0 spiro atoms. The predicted octanol–water partition coefficient (Wildman–Crippen LogP) is 5.39. The molecule has 3 aromatic rings. The van der Waals surface area contributed by atoms with Crippen molar-refractivity contribution in [2.45, 2.75) is 13.1 Å². The Labute approximate surface area is 165 Å². The van der Waals surface area contributed by atoms with Gasteiger partial charge in [0.2, 0.25) is 5.95 Å². The SMILES string of the molecule is CCOc1ccc(Nc2nc(Nc3ccc(OC)cc3)ncc2C(F)(F)F)cc1. The van der Waals surface area contributed by atoms with E-state index in [2.05, 4.69) is 20.6 Å². The van der Waals surface area contributed by atoms with E-state index in [9.17, 15) is 13.2 Å². The second kappa shape index (κ2) is 8.68. The molecule has 29 heavy (non-hydrogen) atoms. The molecule has 6 nitrogen and oxygen atoms in total. The van der Waals surface area contributed by atoms with E-state index in [0.717, 1.165) is 6.20 Å². The molecule has 3 rings (SSSR count). The molecule has 2 N–H and O–H groups in total. The molecule has 0 amide bonds. The van der Waals surface area contributed by atoms with Crippen molar-refractivity contribution in [3.05, 3.63) is 60.3 Å². The van der Waals surface area contributed by atoms with Crippen LogP contribution in [-0.2, 0) is 6.18 Å². The number of anilines is 4. The Morgan fingerprint density at radius 1 is 0.897 bits per heavy atom. The van der Waals surface area contributed by atoms with E-state index in [0.29, 0.717) is 29.5 Å². The van der Waals surface area contributed by atoms with Crippen LogP contribution in [0.2, 0.25) is 0 Å². The third kappa shape index (κ3) is 5.28. The van der Waals surface area contributed by atoms with E-state index in [1.54, 1.807) is 55.6 Å². The molecule has 0 aliphatic carbocycles. The summed E-state index contributed by atoms with van der Waals surface area (Å²) in [6.07, 6.45) is -3.86. The van der Waals surface area contributed by atoms with E-state index in [1.807, 2.05) is 6.92 Å². The van der Waals surface area contributed by atoms with Crippen molar-refractivity contribution in [1.82, 2.24) is 9.97 Å². The smallest absolute Gasteiger partial charge is 0.421 e. The van der Waals surface area contributed by atoms with Crippen LogP contribution in [0.15, 0.2) is 54.7 Å². The molecular weight excluding hydrogens is 385 g/mol. The van der Waals surface area contributed by atoms with E-state index in [1.165, 1.54) is 0 Å². The third-order valence-electron chi connectivity index (χ3n) is 3.87. The van der Waals surface area contributed by atoms with Gasteiger partial charge in [-0.2, -0.15) is 18.2 Å². The van der Waals surface area contributed by atoms with Crippen molar-refractivity contribution in [2.75, 3.05) is 24.4 Å². The fraction of sp³-hybridized carbons (Fsp3) is 0.200. The second-order valence-corrected chi connectivity index (χ2v) is 5.89. The Balaban J connectivity index is 1.87. The zero-order chi connectivity index (χ0) is 20.9. The van der Waals surface area contributed by atoms with Crippen LogP contribution in [-0.4, -0.2) is 23.7 Å². The summed E-state index contributed by atoms with van der Waals surface area (Å²) in [5.41, 5.74) is 0.0808. The van der Waals surface area contributed by atoms with Crippen molar-refractivity contribution in [2.24, 2.45) is 0 Å². The van der Waals surface area contributed by atoms with Gasteiger partial charge in [0.1, 0.15) is 22.9 Å². The normalized spacial score (nSPS) is 11.1. The molecule has 0 bridgehead atoms. The summed E-state index contributed by atoms with van der Waals surface area (Å²) in [7, 11) is 1.54. The lowest BCUT2D eigenvalue weighted by Crippen LogP contribution is -2.12. The maximum atomic E-state index is 13.4. The average Bonchev–Trinajstić information content (AvgIpc) is 2.69. The Hall–Kier alpha value is -3.49. The van der Waals surface area contributed by atoms with Gasteiger partial charge in [0.15, 0.2) is 0 Å². The van der Waals surface area contributed by atoms with Crippen LogP contribution in [0.1, 0.15) is 12.5 Å². The van der Waals surface area contributed by atoms with Gasteiger partial charge in [0, 0.05) is 17.6 Å². The van der Waals surface area contributed by atoms with Crippen LogP contribution < -0.4 is 20.1 Å². The number of halogens is 3. The maximum absolute atomic E-state index is 13.4. The zero-order valence-electron chi connectivity index (χ0n) is 15.7. The molecule has 9 heteroatoms. The topological polar surface area (TPSA) is 68.3 Å². The standard InChI is InChI=1S/C20H19F3N4O2/c1-3-29-16-10-6-13(7-11-16)25-18-17(20(21,22)23)12-24-19(27-18)26-14-4-8-15(28-2)9-5-14/h4-12H,3H2,1-2H3,(H2,24,25,26,27). The van der Waals surface area contributed by atoms with Crippen molar-refractivity contribution >= 4 is 23.1 Å². The van der Waals surface area contributed by atoms with E-state index in [4.69, 9.17) is 9.47 Å². The Bertz CT molecular complexity index is 945. The molecule has 1 heterocycles. The molecule has 0 saturated heterocycles. The Kier molecular flexibility index (Phi) is 6.06. The van der Waals surface area contributed by atoms with Crippen molar-refractivity contribution in [3.63, 3.8) is 0 Å². The summed E-state index contributed by atoms with van der Waals surface area (Å²) < 4.78 is 50.6. The first kappa shape index (κ1) is 20.2. The number of rotatable bonds is 7. The number of nitrogens with one attached hydrogen (secondary N) is 2. The highest BCUT2D eigenvalue weighted by atomic mass is 19.4. The number of alkyl halides is 3. The summed E-state index contributed by atoms with van der Waals surface area (Å²) in [6.45, 7) is 2.34. The number of methoxy groups -OCH3 is 1. The number of aromatic nitrogens is 2. The van der Waals surface area contributed by atoms with Crippen LogP contribution >= 0.6 is 0 Å². The lowest BCUT2D eigenvalue weighted by atomic mass is 10.2. The second-order valence-electron chi connectivity index (χ2n) is 5.89. The highest BCUT2D eigenvalue weighted by Crippen LogP contribution is 2.35. The number of nitrogens with zero attached hydrogens (tertiary/aromatic N) is 2. The fourth-order valence-electron chi connectivity index (χ4n) is 2.49. The van der Waals surface area contributed by atoms with Gasteiger partial charge in [-0.05, 0) is 55.5 Å². The largest absolute Gasteiger partial charge is 0.497 e. The van der Waals surface area contributed by atoms with Crippen LogP contribution in [0, 0.1) is 0 Å². The molecule has 0 aliphatic heterocycles. The summed E-state index contributed by atoms with van der Waals surface area (Å²) in [6, 6.07) is 13.4. The van der Waals surface area contributed by atoms with E-state index >= 15 is 0 Å². The molecule has 0 unspecified atom stereocenters. The van der Waals surface area contributed by atoms with Gasteiger partial charge in [0.05, 0.1) is 13.7 Å². The van der Waals surface area contributed by atoms with Gasteiger partial charge in [-0.15, -0.1) is 0 Å². The quantitative estimate of drug-likeness (QED) is 0.550. The minimum absolute atomic E-state index is 0.0246. The minimum Gasteiger partial charge on any atom is -0.497 e. The molecule has 0 fully saturated rings. The molecule has 0 aliphatic rings. The zero-order valence-corrected chi connectivity index (χ0v) is 15.7. The molecule has 2 aromatic carbocycles. The number of hydrogen-bond donors (Lipinski definition) is 2. The minimum atomic E-state index is -4.60. The van der Waals surface area contributed by atoms with Gasteiger partial charge >= 0.3 is 6.18 Å². The van der Waals surface area contributed by atoms with Crippen LogP contribution in [0.4, 0.5) is 36.3 Å².